The molecule has 0 aliphatic carbocycles. The van der Waals surface area contributed by atoms with Crippen LogP contribution in [-0.2, 0) is 0 Å². The van der Waals surface area contributed by atoms with Gasteiger partial charge < -0.3 is 0 Å². The van der Waals surface area contributed by atoms with E-state index in [2.05, 4.69) is 10.5 Å². The average molecular weight is 279 g/mol. The first-order valence-corrected chi connectivity index (χ1v) is 6.22. The Morgan fingerprint density at radius 2 is 1.72 bits per heavy atom. The molecule has 2 aromatic rings. The molecule has 0 saturated carbocycles. The van der Waals surface area contributed by atoms with Gasteiger partial charge in [-0.25, -0.2) is 0 Å². The van der Waals surface area contributed by atoms with Gasteiger partial charge in [0, 0.05) is 5.56 Å². The maximum absolute atomic E-state index is 6.03. The van der Waals surface area contributed by atoms with E-state index < -0.39 is 0 Å². The molecule has 2 rings (SSSR count). The van der Waals surface area contributed by atoms with Crippen LogP contribution in [0.15, 0.2) is 47.6 Å². The van der Waals surface area contributed by atoms with E-state index in [9.17, 15) is 0 Å². The largest absolute Gasteiger partial charge is 0.278 e. The molecule has 4 heteroatoms. The van der Waals surface area contributed by atoms with Crippen LogP contribution in [0.2, 0.25) is 10.0 Å². The molecule has 0 saturated heterocycles. The molecule has 2 nitrogen and oxygen atoms in total. The van der Waals surface area contributed by atoms with Crippen molar-refractivity contribution in [3.63, 3.8) is 0 Å². The van der Waals surface area contributed by atoms with Crippen molar-refractivity contribution in [2.75, 3.05) is 5.43 Å². The molecular weight excluding hydrogens is 267 g/mol. The van der Waals surface area contributed by atoms with E-state index >= 15 is 0 Å². The minimum Gasteiger partial charge on any atom is -0.278 e. The topological polar surface area (TPSA) is 24.4 Å². The van der Waals surface area contributed by atoms with E-state index in [-0.39, 0.29) is 0 Å². The minimum atomic E-state index is 0.581. The number of hydrogen-bond acceptors (Lipinski definition) is 2. The Bertz CT molecular complexity index is 560. The van der Waals surface area contributed by atoms with Crippen molar-refractivity contribution < 1.29 is 0 Å². The molecule has 0 amide bonds. The lowest BCUT2D eigenvalue weighted by atomic mass is 10.2. The highest BCUT2D eigenvalue weighted by atomic mass is 35.5. The first-order valence-electron chi connectivity index (χ1n) is 5.46. The van der Waals surface area contributed by atoms with Crippen LogP contribution in [0.25, 0.3) is 0 Å². The highest BCUT2D eigenvalue weighted by Crippen LogP contribution is 2.22. The molecule has 0 fully saturated rings. The quantitative estimate of drug-likeness (QED) is 0.636. The minimum absolute atomic E-state index is 0.581. The molecule has 1 N–H and O–H groups in total. The first-order chi connectivity index (χ1) is 8.66. The third-order valence-electron chi connectivity index (χ3n) is 2.41. The number of benzene rings is 2. The van der Waals surface area contributed by atoms with Gasteiger partial charge in [0.05, 0.1) is 21.9 Å². The SMILES string of the molecule is Cc1cccc(NN=Cc2c(Cl)cccc2Cl)c1. The Labute approximate surface area is 116 Å². The van der Waals surface area contributed by atoms with Crippen molar-refractivity contribution in [1.82, 2.24) is 0 Å². The van der Waals surface area contributed by atoms with Crippen molar-refractivity contribution in [3.8, 4) is 0 Å². The molecule has 0 aliphatic rings. The van der Waals surface area contributed by atoms with E-state index in [1.165, 1.54) is 5.56 Å². The summed E-state index contributed by atoms with van der Waals surface area (Å²) in [5.41, 5.74) is 5.75. The maximum Gasteiger partial charge on any atom is 0.0574 e. The summed E-state index contributed by atoms with van der Waals surface area (Å²) in [5.74, 6) is 0. The standard InChI is InChI=1S/C14H12Cl2N2/c1-10-4-2-5-11(8-10)18-17-9-12-13(15)6-3-7-14(12)16/h2-9,18H,1H3. The normalized spacial score (nSPS) is 10.8. The molecule has 0 unspecified atom stereocenters. The monoisotopic (exact) mass is 278 g/mol. The van der Waals surface area contributed by atoms with Crippen molar-refractivity contribution >= 4 is 35.1 Å². The zero-order valence-corrected chi connectivity index (χ0v) is 11.3. The number of halogens is 2. The smallest absolute Gasteiger partial charge is 0.0574 e. The number of aryl methyl sites for hydroxylation is 1. The van der Waals surface area contributed by atoms with Crippen LogP contribution in [-0.4, -0.2) is 6.21 Å². The van der Waals surface area contributed by atoms with Crippen molar-refractivity contribution in [2.45, 2.75) is 6.92 Å². The van der Waals surface area contributed by atoms with Gasteiger partial charge in [0.15, 0.2) is 0 Å². The molecule has 92 valence electrons. The third kappa shape index (κ3) is 3.25. The molecule has 0 aliphatic heterocycles. The van der Waals surface area contributed by atoms with Gasteiger partial charge in [0.25, 0.3) is 0 Å². The summed E-state index contributed by atoms with van der Waals surface area (Å²) in [6.07, 6.45) is 1.62. The maximum atomic E-state index is 6.03. The molecule has 0 atom stereocenters. The molecule has 0 aromatic heterocycles. The summed E-state index contributed by atoms with van der Waals surface area (Å²) in [6, 6.07) is 13.3. The third-order valence-corrected chi connectivity index (χ3v) is 3.06. The zero-order valence-electron chi connectivity index (χ0n) is 9.82. The van der Waals surface area contributed by atoms with Gasteiger partial charge >= 0.3 is 0 Å². The van der Waals surface area contributed by atoms with Crippen LogP contribution in [0.4, 0.5) is 5.69 Å². The van der Waals surface area contributed by atoms with E-state index in [1.807, 2.05) is 31.2 Å². The number of hydrogen-bond donors (Lipinski definition) is 1. The van der Waals surface area contributed by atoms with Crippen LogP contribution < -0.4 is 5.43 Å². The second-order valence-corrected chi connectivity index (χ2v) is 4.69. The molecule has 0 heterocycles. The lowest BCUT2D eigenvalue weighted by Gasteiger charge is -2.02. The van der Waals surface area contributed by atoms with E-state index in [1.54, 1.807) is 24.4 Å². The molecule has 0 spiro atoms. The fraction of sp³-hybridized carbons (Fsp3) is 0.0714. The van der Waals surface area contributed by atoms with Crippen molar-refractivity contribution in [1.29, 1.82) is 0 Å². The van der Waals surface area contributed by atoms with Gasteiger partial charge in [-0.15, -0.1) is 0 Å². The predicted molar refractivity (Wildman–Crippen MR) is 78.9 cm³/mol. The summed E-state index contributed by atoms with van der Waals surface area (Å²) in [6.45, 7) is 2.03. The molecule has 0 bridgehead atoms. The Morgan fingerprint density at radius 3 is 2.39 bits per heavy atom. The van der Waals surface area contributed by atoms with E-state index in [0.717, 1.165) is 5.69 Å². The molecule has 2 aromatic carbocycles. The van der Waals surface area contributed by atoms with Crippen LogP contribution in [0.5, 0.6) is 0 Å². The highest BCUT2D eigenvalue weighted by molar-refractivity contribution is 6.38. The van der Waals surface area contributed by atoms with Crippen molar-refractivity contribution in [2.24, 2.45) is 5.10 Å². The Kier molecular flexibility index (Phi) is 4.24. The number of nitrogens with one attached hydrogen (secondary N) is 1. The summed E-state index contributed by atoms with van der Waals surface area (Å²) in [5, 5.41) is 5.29. The van der Waals surface area contributed by atoms with Crippen LogP contribution in [0.1, 0.15) is 11.1 Å². The summed E-state index contributed by atoms with van der Waals surface area (Å²) in [7, 11) is 0. The Morgan fingerprint density at radius 1 is 1.06 bits per heavy atom. The summed E-state index contributed by atoms with van der Waals surface area (Å²) >= 11 is 12.1. The van der Waals surface area contributed by atoms with E-state index in [4.69, 9.17) is 23.2 Å². The van der Waals surface area contributed by atoms with Crippen LogP contribution in [0, 0.1) is 6.92 Å². The fourth-order valence-electron chi connectivity index (χ4n) is 1.52. The lowest BCUT2D eigenvalue weighted by molar-refractivity contribution is 1.33. The predicted octanol–water partition coefficient (Wildman–Crippen LogP) is 4.75. The van der Waals surface area contributed by atoms with Gasteiger partial charge in [0.2, 0.25) is 0 Å². The Hall–Kier alpha value is -1.51. The number of rotatable bonds is 3. The first kappa shape index (κ1) is 12.9. The highest BCUT2D eigenvalue weighted by Gasteiger charge is 2.01. The Balaban J connectivity index is 2.12. The molecule has 0 radical (unpaired) electrons. The van der Waals surface area contributed by atoms with Gasteiger partial charge in [-0.2, -0.15) is 5.10 Å². The number of nitrogens with zero attached hydrogens (tertiary/aromatic N) is 1. The number of hydrazone groups is 1. The van der Waals surface area contributed by atoms with Crippen LogP contribution >= 0.6 is 23.2 Å². The average Bonchev–Trinajstić information content (AvgIpc) is 2.33. The van der Waals surface area contributed by atoms with E-state index in [0.29, 0.717) is 15.6 Å². The van der Waals surface area contributed by atoms with Gasteiger partial charge in [0.1, 0.15) is 0 Å². The number of anilines is 1. The van der Waals surface area contributed by atoms with Crippen molar-refractivity contribution in [3.05, 3.63) is 63.6 Å². The van der Waals surface area contributed by atoms with Crippen LogP contribution in [0.3, 0.4) is 0 Å². The van der Waals surface area contributed by atoms with Gasteiger partial charge in [-0.05, 0) is 36.8 Å². The fourth-order valence-corrected chi connectivity index (χ4v) is 2.02. The second kappa shape index (κ2) is 5.89. The summed E-state index contributed by atoms with van der Waals surface area (Å²) in [4.78, 5) is 0. The lowest BCUT2D eigenvalue weighted by Crippen LogP contribution is -1.92. The van der Waals surface area contributed by atoms with Gasteiger partial charge in [-0.3, -0.25) is 5.43 Å². The molecular formula is C14H12Cl2N2. The zero-order chi connectivity index (χ0) is 13.0. The summed E-state index contributed by atoms with van der Waals surface area (Å²) < 4.78 is 0. The second-order valence-electron chi connectivity index (χ2n) is 3.87. The molecule has 18 heavy (non-hydrogen) atoms. The van der Waals surface area contributed by atoms with Gasteiger partial charge in [-0.1, -0.05) is 41.4 Å².